The third kappa shape index (κ3) is 3.75. The zero-order valence-electron chi connectivity index (χ0n) is 16.0. The first-order valence-corrected chi connectivity index (χ1v) is 12.3. The quantitative estimate of drug-likeness (QED) is 0.531. The summed E-state index contributed by atoms with van der Waals surface area (Å²) in [5.74, 6) is 3.34. The molecular weight excluding hydrogens is 340 g/mol. The van der Waals surface area contributed by atoms with E-state index in [1.165, 1.54) is 56.9 Å². The highest BCUT2D eigenvalue weighted by molar-refractivity contribution is 7.99. The molecule has 2 saturated carbocycles. The van der Waals surface area contributed by atoms with Gasteiger partial charge in [0.2, 0.25) is 5.78 Å². The van der Waals surface area contributed by atoms with Gasteiger partial charge in [0.05, 0.1) is 13.2 Å². The fourth-order valence-electron chi connectivity index (χ4n) is 5.29. The van der Waals surface area contributed by atoms with Gasteiger partial charge in [-0.1, -0.05) is 49.9 Å². The van der Waals surface area contributed by atoms with Crippen molar-refractivity contribution in [2.75, 3.05) is 24.7 Å². The van der Waals surface area contributed by atoms with Crippen molar-refractivity contribution in [1.29, 1.82) is 0 Å². The van der Waals surface area contributed by atoms with Gasteiger partial charge in [-0.2, -0.15) is 0 Å². The lowest BCUT2D eigenvalue weighted by Crippen LogP contribution is -2.52. The molecule has 1 saturated heterocycles. The van der Waals surface area contributed by atoms with Crippen molar-refractivity contribution in [3.63, 3.8) is 0 Å². The maximum absolute atomic E-state index is 13.7. The number of hydrogen-bond donors (Lipinski definition) is 0. The van der Waals surface area contributed by atoms with E-state index >= 15 is 0 Å². The molecule has 26 heavy (non-hydrogen) atoms. The molecular formula is C23H33O2S+. The summed E-state index contributed by atoms with van der Waals surface area (Å²) in [6.45, 7) is 1.69. The minimum Gasteiger partial charge on any atom is -0.372 e. The number of benzene rings is 1. The Morgan fingerprint density at radius 1 is 0.885 bits per heavy atom. The summed E-state index contributed by atoms with van der Waals surface area (Å²) in [5.41, 5.74) is 2.41. The number of carbonyl (C=O) groups excluding carboxylic acids is 1. The molecule has 0 N–H and O–H groups in total. The van der Waals surface area contributed by atoms with Gasteiger partial charge >= 0.3 is 0 Å². The molecule has 0 radical (unpaired) electrons. The lowest BCUT2D eigenvalue weighted by atomic mass is 9.81. The van der Waals surface area contributed by atoms with Crippen LogP contribution in [0.25, 0.3) is 0 Å². The van der Waals surface area contributed by atoms with Crippen molar-refractivity contribution in [2.45, 2.75) is 74.9 Å². The summed E-state index contributed by atoms with van der Waals surface area (Å²) >= 11 is 0. The Morgan fingerprint density at radius 3 is 2.15 bits per heavy atom. The number of carbonyl (C=O) groups is 1. The van der Waals surface area contributed by atoms with E-state index in [1.807, 2.05) is 0 Å². The number of ketones is 1. The van der Waals surface area contributed by atoms with Gasteiger partial charge in [-0.05, 0) is 37.2 Å². The smallest absolute Gasteiger partial charge is 0.217 e. The van der Waals surface area contributed by atoms with Crippen molar-refractivity contribution < 1.29 is 9.53 Å². The Kier molecular flexibility index (Phi) is 6.05. The van der Waals surface area contributed by atoms with Crippen molar-refractivity contribution in [2.24, 2.45) is 0 Å². The average molecular weight is 374 g/mol. The molecule has 2 aliphatic carbocycles. The second-order valence-corrected chi connectivity index (χ2v) is 10.9. The van der Waals surface area contributed by atoms with E-state index in [1.54, 1.807) is 0 Å². The van der Waals surface area contributed by atoms with Crippen LogP contribution in [0.5, 0.6) is 0 Å². The Bertz CT molecular complexity index is 591. The van der Waals surface area contributed by atoms with Crippen molar-refractivity contribution in [3.8, 4) is 0 Å². The zero-order valence-corrected chi connectivity index (χ0v) is 16.8. The van der Waals surface area contributed by atoms with Gasteiger partial charge in [0, 0.05) is 29.3 Å². The summed E-state index contributed by atoms with van der Waals surface area (Å²) in [4.78, 5) is 13.7. The minimum absolute atomic E-state index is 0.0889. The average Bonchev–Trinajstić information content (AvgIpc) is 2.75. The molecule has 4 rings (SSSR count). The van der Waals surface area contributed by atoms with Crippen molar-refractivity contribution in [3.05, 3.63) is 35.4 Å². The number of Topliss-reactive ketones (excluding diaryl/α,β-unsaturated/α-hetero) is 1. The summed E-state index contributed by atoms with van der Waals surface area (Å²) in [6, 6.07) is 8.80. The molecule has 142 valence electrons. The predicted molar refractivity (Wildman–Crippen MR) is 110 cm³/mol. The largest absolute Gasteiger partial charge is 0.372 e. The van der Waals surface area contributed by atoms with Crippen molar-refractivity contribution in [1.82, 2.24) is 0 Å². The summed E-state index contributed by atoms with van der Waals surface area (Å²) < 4.78 is 5.51. The zero-order chi connectivity index (χ0) is 17.8. The lowest BCUT2D eigenvalue weighted by molar-refractivity contribution is 0.0912. The van der Waals surface area contributed by atoms with Crippen LogP contribution < -0.4 is 0 Å². The summed E-state index contributed by atoms with van der Waals surface area (Å²) in [7, 11) is 0.196. The van der Waals surface area contributed by atoms with Crippen molar-refractivity contribution >= 4 is 16.7 Å². The monoisotopic (exact) mass is 373 g/mol. The Hall–Kier alpha value is -0.800. The highest BCUT2D eigenvalue weighted by Gasteiger charge is 2.54. The van der Waals surface area contributed by atoms with Crippen LogP contribution >= 0.6 is 0 Å². The van der Waals surface area contributed by atoms with Gasteiger partial charge in [0.15, 0.2) is 4.75 Å². The second-order valence-electron chi connectivity index (χ2n) is 8.35. The first kappa shape index (κ1) is 18.6. The molecule has 0 bridgehead atoms. The van der Waals surface area contributed by atoms with Crippen LogP contribution in [0.15, 0.2) is 24.3 Å². The lowest BCUT2D eigenvalue weighted by Gasteiger charge is -2.36. The van der Waals surface area contributed by atoms with Crippen LogP contribution in [0.2, 0.25) is 0 Å². The van der Waals surface area contributed by atoms with E-state index in [-0.39, 0.29) is 15.6 Å². The molecule has 0 unspecified atom stereocenters. The van der Waals surface area contributed by atoms with Gasteiger partial charge in [-0.15, -0.1) is 0 Å². The van der Waals surface area contributed by atoms with E-state index in [4.69, 9.17) is 4.74 Å². The second kappa shape index (κ2) is 8.48. The summed E-state index contributed by atoms with van der Waals surface area (Å²) in [6.07, 6.45) is 12.7. The molecule has 1 aliphatic heterocycles. The van der Waals surface area contributed by atoms with Gasteiger partial charge in [-0.25, -0.2) is 0 Å². The predicted octanol–water partition coefficient (Wildman–Crippen LogP) is 5.27. The van der Waals surface area contributed by atoms with Crippen LogP contribution in [0.4, 0.5) is 0 Å². The first-order valence-electron chi connectivity index (χ1n) is 10.7. The Morgan fingerprint density at radius 2 is 1.50 bits per heavy atom. The standard InChI is InChI=1S/C23H33O2S/c24-22(21-11-9-20(10-12-21)19-7-3-1-4-8-19)23(13-5-2-6-14-23)26-17-15-25-16-18-26/h9-12,19H,1-8,13-18H2/q+1. The third-order valence-corrected chi connectivity index (χ3v) is 9.84. The van der Waals surface area contributed by atoms with E-state index in [0.29, 0.717) is 11.7 Å². The minimum atomic E-state index is -0.0889. The normalized spacial score (nSPS) is 25.1. The molecule has 0 atom stereocenters. The summed E-state index contributed by atoms with van der Waals surface area (Å²) in [5, 5.41) is 0. The number of hydrogen-bond acceptors (Lipinski definition) is 2. The highest BCUT2D eigenvalue weighted by atomic mass is 32.2. The molecule has 2 nitrogen and oxygen atoms in total. The molecule has 3 heteroatoms. The molecule has 0 aromatic heterocycles. The Labute approximate surface area is 161 Å². The SMILES string of the molecule is O=C(c1ccc(C2CCCCC2)cc1)C1([S+]2CCOCC2)CCCCC1. The molecule has 1 aromatic rings. The van der Waals surface area contributed by atoms with Crippen LogP contribution in [0.3, 0.4) is 0 Å². The first-order chi connectivity index (χ1) is 12.8. The van der Waals surface area contributed by atoms with Gasteiger partial charge in [0.1, 0.15) is 11.5 Å². The third-order valence-electron chi connectivity index (χ3n) is 6.83. The molecule has 1 aromatic carbocycles. The van der Waals surface area contributed by atoms with E-state index in [2.05, 4.69) is 24.3 Å². The topological polar surface area (TPSA) is 26.3 Å². The maximum Gasteiger partial charge on any atom is 0.217 e. The van der Waals surface area contributed by atoms with E-state index < -0.39 is 0 Å². The fraction of sp³-hybridized carbons (Fsp3) is 0.696. The molecule has 3 fully saturated rings. The van der Waals surface area contributed by atoms with Gasteiger partial charge in [-0.3, -0.25) is 4.79 Å². The van der Waals surface area contributed by atoms with Gasteiger partial charge < -0.3 is 4.74 Å². The van der Waals surface area contributed by atoms with Crippen LogP contribution in [-0.2, 0) is 15.6 Å². The molecule has 0 amide bonds. The van der Waals surface area contributed by atoms with E-state index in [0.717, 1.165) is 43.1 Å². The maximum atomic E-state index is 13.7. The Balaban J connectivity index is 1.55. The fourth-order valence-corrected chi connectivity index (χ4v) is 8.16. The van der Waals surface area contributed by atoms with Crippen LogP contribution in [0, 0.1) is 0 Å². The molecule has 3 aliphatic rings. The number of ether oxygens (including phenoxy) is 1. The van der Waals surface area contributed by atoms with Crippen LogP contribution in [0.1, 0.15) is 86.0 Å². The van der Waals surface area contributed by atoms with E-state index in [9.17, 15) is 4.79 Å². The van der Waals surface area contributed by atoms with Gasteiger partial charge in [0.25, 0.3) is 0 Å². The number of rotatable bonds is 4. The highest BCUT2D eigenvalue weighted by Crippen LogP contribution is 2.41. The van der Waals surface area contributed by atoms with Crippen LogP contribution in [-0.4, -0.2) is 35.2 Å². The molecule has 1 heterocycles. The molecule has 0 spiro atoms.